The highest BCUT2D eigenvalue weighted by Gasteiger charge is 2.23. The summed E-state index contributed by atoms with van der Waals surface area (Å²) < 4.78 is 9.08. The molecule has 0 unspecified atom stereocenters. The van der Waals surface area contributed by atoms with Gasteiger partial charge in [-0.25, -0.2) is 4.79 Å². The van der Waals surface area contributed by atoms with Crippen LogP contribution in [-0.4, -0.2) is 23.5 Å². The van der Waals surface area contributed by atoms with Gasteiger partial charge in [0.15, 0.2) is 5.82 Å². The Labute approximate surface area is 131 Å². The van der Waals surface area contributed by atoms with Crippen molar-refractivity contribution in [1.29, 1.82) is 0 Å². The Morgan fingerprint density at radius 2 is 2.10 bits per heavy atom. The number of ether oxygens (including phenoxy) is 1. The summed E-state index contributed by atoms with van der Waals surface area (Å²) in [5, 5.41) is 4.02. The predicted molar refractivity (Wildman–Crippen MR) is 88.9 cm³/mol. The molecule has 0 bridgehead atoms. The van der Waals surface area contributed by atoms with Gasteiger partial charge in [-0.1, -0.05) is 40.0 Å². The Morgan fingerprint density at radius 3 is 2.71 bits per heavy atom. The quantitative estimate of drug-likeness (QED) is 0.533. The molecule has 0 saturated heterocycles. The minimum absolute atomic E-state index is 0.167. The lowest BCUT2D eigenvalue weighted by Gasteiger charge is -2.25. The van der Waals surface area contributed by atoms with E-state index in [4.69, 9.17) is 10.5 Å². The van der Waals surface area contributed by atoms with Crippen LogP contribution in [0.15, 0.2) is 0 Å². The molecule has 120 valence electrons. The zero-order valence-corrected chi connectivity index (χ0v) is 14.3. The van der Waals surface area contributed by atoms with Crippen molar-refractivity contribution in [2.75, 3.05) is 24.2 Å². The first-order chi connectivity index (χ1) is 9.91. The van der Waals surface area contributed by atoms with Crippen LogP contribution in [0.4, 0.5) is 10.8 Å². The van der Waals surface area contributed by atoms with E-state index < -0.39 is 5.97 Å². The molecule has 21 heavy (non-hydrogen) atoms. The van der Waals surface area contributed by atoms with Crippen LogP contribution >= 0.6 is 11.5 Å². The van der Waals surface area contributed by atoms with Gasteiger partial charge in [0.05, 0.1) is 6.61 Å². The van der Waals surface area contributed by atoms with Crippen molar-refractivity contribution in [3.05, 3.63) is 5.56 Å². The summed E-state index contributed by atoms with van der Waals surface area (Å²) in [6, 6.07) is 0. The van der Waals surface area contributed by atoms with Crippen molar-refractivity contribution in [2.45, 2.75) is 53.4 Å². The Balaban J connectivity index is 2.65. The third-order valence-electron chi connectivity index (χ3n) is 3.38. The number of unbranched alkanes of at least 4 members (excludes halogenated alkanes) is 2. The zero-order chi connectivity index (χ0) is 15.9. The van der Waals surface area contributed by atoms with Gasteiger partial charge in [-0.15, -0.1) is 0 Å². The minimum atomic E-state index is -0.407. The van der Waals surface area contributed by atoms with Crippen molar-refractivity contribution in [3.63, 3.8) is 0 Å². The Morgan fingerprint density at radius 1 is 1.38 bits per heavy atom. The van der Waals surface area contributed by atoms with E-state index in [0.717, 1.165) is 13.0 Å². The van der Waals surface area contributed by atoms with Crippen LogP contribution in [0.25, 0.3) is 0 Å². The third kappa shape index (κ3) is 5.53. The summed E-state index contributed by atoms with van der Waals surface area (Å²) in [6.45, 7) is 9.55. The van der Waals surface area contributed by atoms with E-state index in [2.05, 4.69) is 30.5 Å². The molecule has 0 aliphatic rings. The van der Waals surface area contributed by atoms with Crippen LogP contribution in [0.5, 0.6) is 0 Å². The Kier molecular flexibility index (Phi) is 6.95. The average molecular weight is 313 g/mol. The highest BCUT2D eigenvalue weighted by molar-refractivity contribution is 7.11. The van der Waals surface area contributed by atoms with Gasteiger partial charge in [0, 0.05) is 6.54 Å². The van der Waals surface area contributed by atoms with Crippen molar-refractivity contribution in [3.8, 4) is 0 Å². The number of nitrogens with one attached hydrogen (secondary N) is 1. The van der Waals surface area contributed by atoms with Crippen LogP contribution in [0.2, 0.25) is 0 Å². The lowest BCUT2D eigenvalue weighted by Crippen LogP contribution is -2.23. The van der Waals surface area contributed by atoms with Gasteiger partial charge in [-0.3, -0.25) is 0 Å². The molecular weight excluding hydrogens is 286 g/mol. The molecule has 0 atom stereocenters. The molecule has 0 radical (unpaired) electrons. The average Bonchev–Trinajstić information content (AvgIpc) is 2.78. The van der Waals surface area contributed by atoms with E-state index in [1.807, 2.05) is 0 Å². The van der Waals surface area contributed by atoms with Gasteiger partial charge >= 0.3 is 5.97 Å². The molecule has 5 nitrogen and oxygen atoms in total. The molecule has 0 saturated carbocycles. The number of nitrogens with zero attached hydrogens (tertiary/aromatic N) is 1. The number of hydrogen-bond acceptors (Lipinski definition) is 6. The molecule has 0 aromatic carbocycles. The second-order valence-electron chi connectivity index (χ2n) is 5.97. The number of carbonyl (C=O) groups excluding carboxylic acids is 1. The van der Waals surface area contributed by atoms with E-state index in [1.54, 1.807) is 6.92 Å². The fraction of sp³-hybridized carbons (Fsp3) is 0.733. The van der Waals surface area contributed by atoms with Gasteiger partial charge in [0.1, 0.15) is 10.6 Å². The molecule has 0 spiro atoms. The van der Waals surface area contributed by atoms with Gasteiger partial charge < -0.3 is 15.8 Å². The highest BCUT2D eigenvalue weighted by atomic mass is 32.1. The SMILES string of the molecule is CCCCCC(C)(C)CNc1snc(N)c1C(=O)OCC. The number of esters is 1. The van der Waals surface area contributed by atoms with E-state index in [0.29, 0.717) is 17.2 Å². The van der Waals surface area contributed by atoms with Crippen molar-refractivity contribution >= 4 is 28.3 Å². The molecule has 0 aliphatic carbocycles. The number of anilines is 2. The van der Waals surface area contributed by atoms with Crippen LogP contribution in [-0.2, 0) is 4.74 Å². The number of nitrogen functional groups attached to an aromatic ring is 1. The molecule has 3 N–H and O–H groups in total. The molecule has 0 aliphatic heterocycles. The number of nitrogens with two attached hydrogens (primary N) is 1. The molecule has 1 heterocycles. The molecule has 0 amide bonds. The van der Waals surface area contributed by atoms with Crippen LogP contribution < -0.4 is 11.1 Å². The largest absolute Gasteiger partial charge is 0.462 e. The number of aromatic nitrogens is 1. The van der Waals surface area contributed by atoms with Gasteiger partial charge in [0.25, 0.3) is 0 Å². The minimum Gasteiger partial charge on any atom is -0.462 e. The maximum atomic E-state index is 11.9. The fourth-order valence-electron chi connectivity index (χ4n) is 2.09. The van der Waals surface area contributed by atoms with Crippen LogP contribution in [0.1, 0.15) is 63.7 Å². The third-order valence-corrected chi connectivity index (χ3v) is 4.20. The molecule has 1 aromatic rings. The lowest BCUT2D eigenvalue weighted by atomic mass is 9.87. The van der Waals surface area contributed by atoms with E-state index >= 15 is 0 Å². The second kappa shape index (κ2) is 8.22. The van der Waals surface area contributed by atoms with Crippen molar-refractivity contribution in [2.24, 2.45) is 5.41 Å². The van der Waals surface area contributed by atoms with E-state index in [9.17, 15) is 4.79 Å². The highest BCUT2D eigenvalue weighted by Crippen LogP contribution is 2.30. The predicted octanol–water partition coefficient (Wildman–Crippen LogP) is 3.92. The van der Waals surface area contributed by atoms with Gasteiger partial charge in [-0.05, 0) is 30.3 Å². The number of carbonyl (C=O) groups is 1. The maximum Gasteiger partial charge on any atom is 0.344 e. The molecular formula is C15H27N3O2S. The first-order valence-electron chi connectivity index (χ1n) is 7.57. The zero-order valence-electron chi connectivity index (χ0n) is 13.5. The first kappa shape index (κ1) is 17.8. The Hall–Kier alpha value is -1.30. The first-order valence-corrected chi connectivity index (χ1v) is 8.34. The normalized spacial score (nSPS) is 11.4. The molecule has 1 aromatic heterocycles. The summed E-state index contributed by atoms with van der Waals surface area (Å²) >= 11 is 1.21. The Bertz CT molecular complexity index is 458. The van der Waals surface area contributed by atoms with Crippen LogP contribution in [0, 0.1) is 5.41 Å². The van der Waals surface area contributed by atoms with Crippen molar-refractivity contribution in [1.82, 2.24) is 4.37 Å². The summed E-state index contributed by atoms with van der Waals surface area (Å²) in [5.74, 6) is -0.167. The summed E-state index contributed by atoms with van der Waals surface area (Å²) in [4.78, 5) is 11.9. The van der Waals surface area contributed by atoms with E-state index in [1.165, 1.54) is 30.8 Å². The monoisotopic (exact) mass is 313 g/mol. The fourth-order valence-corrected chi connectivity index (χ4v) is 2.78. The van der Waals surface area contributed by atoms with Crippen molar-refractivity contribution < 1.29 is 9.53 Å². The summed E-state index contributed by atoms with van der Waals surface area (Å²) in [5.41, 5.74) is 6.30. The topological polar surface area (TPSA) is 77.2 Å². The number of hydrogen-bond donors (Lipinski definition) is 2. The maximum absolute atomic E-state index is 11.9. The summed E-state index contributed by atoms with van der Waals surface area (Å²) in [7, 11) is 0. The second-order valence-corrected chi connectivity index (χ2v) is 6.74. The number of rotatable bonds is 9. The smallest absolute Gasteiger partial charge is 0.344 e. The van der Waals surface area contributed by atoms with E-state index in [-0.39, 0.29) is 11.2 Å². The van der Waals surface area contributed by atoms with Gasteiger partial charge in [-0.2, -0.15) is 4.37 Å². The standard InChI is InChI=1S/C15H27N3O2S/c1-5-7-8-9-15(3,4)10-17-13-11(12(16)18-21-13)14(19)20-6-2/h17H,5-10H2,1-4H3,(H2,16,18). The summed E-state index contributed by atoms with van der Waals surface area (Å²) in [6.07, 6.45) is 4.85. The molecule has 6 heteroatoms. The lowest BCUT2D eigenvalue weighted by molar-refractivity contribution is 0.0529. The molecule has 1 rings (SSSR count). The van der Waals surface area contributed by atoms with Crippen LogP contribution in [0.3, 0.4) is 0 Å². The molecule has 0 fully saturated rings. The van der Waals surface area contributed by atoms with Gasteiger partial charge in [0.2, 0.25) is 0 Å².